The van der Waals surface area contributed by atoms with E-state index in [1.165, 1.54) is 0 Å². The van der Waals surface area contributed by atoms with Crippen molar-refractivity contribution in [2.45, 2.75) is 133 Å². The van der Waals surface area contributed by atoms with Crippen LogP contribution in [-0.2, 0) is 0 Å². The first kappa shape index (κ1) is 35.2. The molecule has 0 aliphatic rings. The van der Waals surface area contributed by atoms with Crippen molar-refractivity contribution >= 4 is 87.0 Å². The van der Waals surface area contributed by atoms with Gasteiger partial charge in [-0.15, -0.1) is 0 Å². The van der Waals surface area contributed by atoms with Crippen molar-refractivity contribution in [1.29, 1.82) is 0 Å². The van der Waals surface area contributed by atoms with E-state index in [0.717, 1.165) is 15.5 Å². The van der Waals surface area contributed by atoms with Gasteiger partial charge in [-0.3, -0.25) is 0 Å². The van der Waals surface area contributed by atoms with Crippen LogP contribution in [0, 0.1) is 0 Å². The summed E-state index contributed by atoms with van der Waals surface area (Å²) in [5, 5.41) is 2.56. The van der Waals surface area contributed by atoms with Gasteiger partial charge in [0.2, 0.25) is 0 Å². The molecule has 0 aliphatic carbocycles. The monoisotopic (exact) mass is 793 g/mol. The van der Waals surface area contributed by atoms with E-state index in [1.54, 1.807) is 5.56 Å². The van der Waals surface area contributed by atoms with Crippen molar-refractivity contribution in [1.82, 2.24) is 0 Å². The Kier molecular flexibility index (Phi) is 11.6. The summed E-state index contributed by atoms with van der Waals surface area (Å²) in [6.07, 6.45) is 0. The van der Waals surface area contributed by atoms with E-state index in [-0.39, 0.29) is 16.8 Å². The van der Waals surface area contributed by atoms with Crippen LogP contribution < -0.4 is 3.51 Å². The first-order valence-electron chi connectivity index (χ1n) is 13.7. The molecule has 0 bridgehead atoms. The Morgan fingerprint density at radius 3 is 0.857 bits per heavy atom. The van der Waals surface area contributed by atoms with Gasteiger partial charge in [-0.2, -0.15) is 0 Å². The summed E-state index contributed by atoms with van der Waals surface area (Å²) in [5.74, 6) is 0. The number of rotatable bonds is 10. The van der Waals surface area contributed by atoms with E-state index in [4.69, 9.17) is 0 Å². The molecule has 35 heavy (non-hydrogen) atoms. The van der Waals surface area contributed by atoms with Crippen molar-refractivity contribution < 1.29 is 0 Å². The van der Waals surface area contributed by atoms with Gasteiger partial charge in [0.15, 0.2) is 0 Å². The molecule has 0 saturated heterocycles. The average Bonchev–Trinajstić information content (AvgIpc) is 2.45. The molecule has 8 heteroatoms. The van der Waals surface area contributed by atoms with E-state index >= 15 is 0 Å². The maximum absolute atomic E-state index is 2.88. The molecule has 1 radical (unpaired) electrons. The Labute approximate surface area is 246 Å². The third kappa shape index (κ3) is 9.08. The van der Waals surface area contributed by atoms with Gasteiger partial charge in [0, 0.05) is 0 Å². The van der Waals surface area contributed by atoms with Crippen molar-refractivity contribution in [3.8, 4) is 0 Å². The van der Waals surface area contributed by atoms with Gasteiger partial charge in [0.05, 0.1) is 0 Å². The molecule has 0 amide bonds. The molecule has 0 heterocycles. The first-order valence-corrected chi connectivity index (χ1v) is 45.2. The molecule has 0 unspecified atom stereocenters. The van der Waals surface area contributed by atoms with E-state index in [2.05, 4.69) is 148 Å². The van der Waals surface area contributed by atoms with Crippen LogP contribution in [0.1, 0.15) is 32.2 Å². The predicted octanol–water partition coefficient (Wildman–Crippen LogP) is 8.61. The zero-order valence-electron chi connectivity index (χ0n) is 26.8. The van der Waals surface area contributed by atoms with Crippen LogP contribution in [0.3, 0.4) is 0 Å². The van der Waals surface area contributed by atoms with Crippen molar-refractivity contribution in [2.24, 2.45) is 0 Å². The second kappa shape index (κ2) is 11.6. The Hall–Kier alpha value is 2.16. The van der Waals surface area contributed by atoms with Gasteiger partial charge in [0.1, 0.15) is 0 Å². The summed E-state index contributed by atoms with van der Waals surface area (Å²) in [7, 11) is -8.23. The Morgan fingerprint density at radius 2 is 0.686 bits per heavy atom. The molecule has 0 spiro atoms. The normalized spacial score (nSPS) is 14.9. The average molecular weight is 796 g/mol. The SMILES string of the molecule is C[Si](C)(C)C(c1cc(C([Si](C)(C)C)[Si](C)(C)C)[c]([Sb]=[Sb])c(C([Si](C)(C)C)[Si](C)(C)C)c1)[Si](C)(C)C. The molecule has 0 fully saturated rings. The molecule has 1 aromatic rings. The summed E-state index contributed by atoms with van der Waals surface area (Å²) >= 11 is 1.83. The van der Waals surface area contributed by atoms with Crippen LogP contribution in [-0.4, -0.2) is 83.5 Å². The summed E-state index contributed by atoms with van der Waals surface area (Å²) in [5.41, 5.74) is 5.59. The molecule has 1 rings (SSSR count). The molecular weight excluding hydrogens is 736 g/mol. The van der Waals surface area contributed by atoms with Gasteiger partial charge in [-0.25, -0.2) is 0 Å². The van der Waals surface area contributed by atoms with E-state index in [0.29, 0.717) is 0 Å². The van der Waals surface area contributed by atoms with Crippen LogP contribution in [0.2, 0.25) is 118 Å². The Bertz CT molecular complexity index is 806. The second-order valence-corrected chi connectivity index (χ2v) is 56.9. The predicted molar refractivity (Wildman–Crippen MR) is 186 cm³/mol. The fourth-order valence-electron chi connectivity index (χ4n) is 8.19. The van der Waals surface area contributed by atoms with Crippen LogP contribution in [0.15, 0.2) is 12.1 Å². The number of hydrogen-bond acceptors (Lipinski definition) is 0. The fourth-order valence-corrected chi connectivity index (χ4v) is 54.0. The van der Waals surface area contributed by atoms with Gasteiger partial charge in [0.25, 0.3) is 0 Å². The standard InChI is InChI=1S/C27H59Si6.2Sb/c1-28(2,3)25(29(4,5)6)22-19-23(26(30(7,8)9)31(10,11)12)21-24(20-22)27(32(13,14)15)33(16,17)18;;/h19-20,25-27H,1-18H3;;. The van der Waals surface area contributed by atoms with Crippen LogP contribution in [0.4, 0.5) is 0 Å². The van der Waals surface area contributed by atoms with Crippen LogP contribution in [0.5, 0.6) is 0 Å². The van der Waals surface area contributed by atoms with Crippen molar-refractivity contribution in [2.75, 3.05) is 0 Å². The second-order valence-electron chi connectivity index (χ2n) is 17.6. The topological polar surface area (TPSA) is 0 Å². The molecule has 0 aliphatic heterocycles. The molecule has 0 saturated carbocycles. The van der Waals surface area contributed by atoms with Gasteiger partial charge in [-0.1, -0.05) is 0 Å². The van der Waals surface area contributed by atoms with Gasteiger partial charge < -0.3 is 0 Å². The third-order valence-electron chi connectivity index (χ3n) is 7.44. The summed E-state index contributed by atoms with van der Waals surface area (Å²) in [6.45, 7) is 48.1. The number of hydrogen-bond donors (Lipinski definition) is 0. The Balaban J connectivity index is 4.43. The molecule has 0 N–H and O–H groups in total. The van der Waals surface area contributed by atoms with Crippen LogP contribution in [0.25, 0.3) is 0 Å². The van der Waals surface area contributed by atoms with Gasteiger partial charge in [-0.05, 0) is 0 Å². The molecule has 1 aromatic carbocycles. The molecular formula is C27H59Sb2Si6. The zero-order chi connectivity index (χ0) is 28.2. The fraction of sp³-hybridized carbons (Fsp3) is 0.778. The van der Waals surface area contributed by atoms with E-state index in [1.807, 2.05) is 14.6 Å². The first-order chi connectivity index (χ1) is 15.1. The number of benzene rings is 1. The zero-order valence-corrected chi connectivity index (χ0v) is 37.9. The van der Waals surface area contributed by atoms with E-state index < -0.39 is 48.4 Å². The minimum atomic E-state index is -1.37. The minimum absolute atomic E-state index is 0.350. The summed E-state index contributed by atoms with van der Waals surface area (Å²) in [6, 6.07) is 5.75. The van der Waals surface area contributed by atoms with Crippen molar-refractivity contribution in [3.63, 3.8) is 0 Å². The summed E-state index contributed by atoms with van der Waals surface area (Å²) in [4.78, 5) is 0. The molecule has 0 aromatic heterocycles. The molecule has 0 atom stereocenters. The summed E-state index contributed by atoms with van der Waals surface area (Å²) < 4.78 is 1.95. The molecule has 201 valence electrons. The quantitative estimate of drug-likeness (QED) is 0.208. The maximum atomic E-state index is 2.88. The van der Waals surface area contributed by atoms with E-state index in [9.17, 15) is 0 Å². The van der Waals surface area contributed by atoms with Crippen LogP contribution >= 0.6 is 0 Å². The Morgan fingerprint density at radius 1 is 0.457 bits per heavy atom. The van der Waals surface area contributed by atoms with Crippen molar-refractivity contribution in [3.05, 3.63) is 28.8 Å². The molecule has 0 nitrogen and oxygen atoms in total. The van der Waals surface area contributed by atoms with Gasteiger partial charge >= 0.3 is 249 Å². The third-order valence-corrected chi connectivity index (χ3v) is 41.2.